The van der Waals surface area contributed by atoms with Crippen LogP contribution in [0, 0.1) is 0 Å². The number of nitrogens with zero attached hydrogens (tertiary/aromatic N) is 1. The molecule has 0 N–H and O–H groups in total. The van der Waals surface area contributed by atoms with Gasteiger partial charge in [-0.25, -0.2) is 0 Å². The second-order valence-corrected chi connectivity index (χ2v) is 11.2. The number of rotatable bonds is 3. The third kappa shape index (κ3) is 2.94. The van der Waals surface area contributed by atoms with Crippen LogP contribution in [0.3, 0.4) is 0 Å². The Kier molecular flexibility index (Phi) is 4.61. The van der Waals surface area contributed by atoms with E-state index in [1.54, 1.807) is 0 Å². The zero-order chi connectivity index (χ0) is 25.3. The quantitative estimate of drug-likeness (QED) is 0.313. The molecule has 4 nitrogen and oxygen atoms in total. The summed E-state index contributed by atoms with van der Waals surface area (Å²) in [6.07, 6.45) is 5.54. The SMILES string of the molecule is O=C1N(C(c2ccccc2)c2ccccc2)c2ccccc2C12COc1cc3c(cc12)OC1(CCC1)CC3. The summed E-state index contributed by atoms with van der Waals surface area (Å²) >= 11 is 0. The minimum absolute atomic E-state index is 0.0107. The van der Waals surface area contributed by atoms with Crippen LogP contribution in [0.1, 0.15) is 59.5 Å². The van der Waals surface area contributed by atoms with Crippen LogP contribution >= 0.6 is 0 Å². The summed E-state index contributed by atoms with van der Waals surface area (Å²) in [7, 11) is 0. The largest absolute Gasteiger partial charge is 0.491 e. The van der Waals surface area contributed by atoms with Gasteiger partial charge in [-0.15, -0.1) is 0 Å². The van der Waals surface area contributed by atoms with Crippen molar-refractivity contribution in [2.45, 2.75) is 49.2 Å². The molecule has 8 rings (SSSR count). The van der Waals surface area contributed by atoms with E-state index in [0.717, 1.165) is 65.1 Å². The molecule has 0 radical (unpaired) electrons. The zero-order valence-electron chi connectivity index (χ0n) is 21.2. The number of ether oxygens (including phenoxy) is 2. The Bertz CT molecular complexity index is 1520. The Morgan fingerprint density at radius 1 is 0.737 bits per heavy atom. The van der Waals surface area contributed by atoms with Crippen LogP contribution in [0.2, 0.25) is 0 Å². The number of carbonyl (C=O) groups excluding carboxylic acids is 1. The maximum absolute atomic E-state index is 14.9. The van der Waals surface area contributed by atoms with Gasteiger partial charge in [-0.2, -0.15) is 0 Å². The minimum atomic E-state index is -0.893. The maximum Gasteiger partial charge on any atom is 0.246 e. The molecule has 1 saturated carbocycles. The Labute approximate surface area is 222 Å². The van der Waals surface area contributed by atoms with Crippen molar-refractivity contribution < 1.29 is 14.3 Å². The predicted octanol–water partition coefficient (Wildman–Crippen LogP) is 6.75. The summed E-state index contributed by atoms with van der Waals surface area (Å²) in [6.45, 7) is 0.305. The van der Waals surface area contributed by atoms with Gasteiger partial charge in [-0.3, -0.25) is 9.69 Å². The Hall–Kier alpha value is -4.05. The van der Waals surface area contributed by atoms with Crippen LogP contribution in [0.4, 0.5) is 5.69 Å². The number of aryl methyl sites for hydroxylation is 1. The van der Waals surface area contributed by atoms with E-state index >= 15 is 0 Å². The lowest BCUT2D eigenvalue weighted by Crippen LogP contribution is -2.46. The van der Waals surface area contributed by atoms with E-state index in [4.69, 9.17) is 9.47 Å². The van der Waals surface area contributed by atoms with Crippen LogP contribution in [0.15, 0.2) is 97.1 Å². The third-order valence-corrected chi connectivity index (χ3v) is 9.20. The highest BCUT2D eigenvalue weighted by Crippen LogP contribution is 2.57. The summed E-state index contributed by atoms with van der Waals surface area (Å²) < 4.78 is 13.0. The zero-order valence-corrected chi connectivity index (χ0v) is 21.2. The lowest BCUT2D eigenvalue weighted by atomic mass is 9.73. The van der Waals surface area contributed by atoms with E-state index in [0.29, 0.717) is 6.61 Å². The number of fused-ring (bicyclic) bond motifs is 5. The van der Waals surface area contributed by atoms with E-state index in [1.165, 1.54) is 12.0 Å². The highest BCUT2D eigenvalue weighted by atomic mass is 16.5. The van der Waals surface area contributed by atoms with Crippen LogP contribution < -0.4 is 14.4 Å². The molecule has 1 aliphatic carbocycles. The van der Waals surface area contributed by atoms with Gasteiger partial charge in [0.05, 0.1) is 6.04 Å². The first kappa shape index (κ1) is 22.0. The van der Waals surface area contributed by atoms with Gasteiger partial charge in [-0.05, 0) is 72.6 Å². The van der Waals surface area contributed by atoms with E-state index in [-0.39, 0.29) is 17.6 Å². The standard InChI is InChI=1S/C34H29NO3/c36-32-34(22-37-30-20-25-16-19-33(17-9-18-33)38-29(25)21-27(30)34)26-14-7-8-15-28(26)35(32)31(23-10-3-1-4-11-23)24-12-5-2-6-13-24/h1-8,10-15,20-21,31H,9,16-19,22H2. The normalized spacial score (nSPS) is 22.0. The molecule has 4 aromatic carbocycles. The first-order valence-corrected chi connectivity index (χ1v) is 13.7. The number of amides is 1. The Balaban J connectivity index is 1.31. The fourth-order valence-corrected chi connectivity index (χ4v) is 7.07. The van der Waals surface area contributed by atoms with Crippen LogP contribution in [-0.4, -0.2) is 18.1 Å². The number of anilines is 1. The molecular formula is C34H29NO3. The molecule has 1 amide bonds. The molecule has 1 unspecified atom stereocenters. The van der Waals surface area contributed by atoms with Crippen LogP contribution in [0.5, 0.6) is 11.5 Å². The van der Waals surface area contributed by atoms with Crippen molar-refractivity contribution in [2.75, 3.05) is 11.5 Å². The van der Waals surface area contributed by atoms with Gasteiger partial charge in [0, 0.05) is 11.3 Å². The molecule has 2 spiro atoms. The second kappa shape index (κ2) is 7.97. The Morgan fingerprint density at radius 3 is 2.11 bits per heavy atom. The maximum atomic E-state index is 14.9. The smallest absolute Gasteiger partial charge is 0.246 e. The molecular weight excluding hydrogens is 470 g/mol. The van der Waals surface area contributed by atoms with Crippen molar-refractivity contribution in [3.63, 3.8) is 0 Å². The molecule has 4 heteroatoms. The number of carbonyl (C=O) groups is 1. The van der Waals surface area contributed by atoms with Gasteiger partial charge in [-0.1, -0.05) is 78.9 Å². The number of hydrogen-bond acceptors (Lipinski definition) is 3. The molecule has 188 valence electrons. The lowest BCUT2D eigenvalue weighted by Gasteiger charge is -2.45. The summed E-state index contributed by atoms with van der Waals surface area (Å²) in [4.78, 5) is 16.9. The average Bonchev–Trinajstić information content (AvgIpc) is 3.44. The number of benzene rings is 4. The summed E-state index contributed by atoms with van der Waals surface area (Å²) in [5.41, 5.74) is 5.35. The monoisotopic (exact) mass is 499 g/mol. The second-order valence-electron chi connectivity index (χ2n) is 11.2. The van der Waals surface area contributed by atoms with Gasteiger partial charge in [0.1, 0.15) is 29.1 Å². The topological polar surface area (TPSA) is 38.8 Å². The van der Waals surface area contributed by atoms with Gasteiger partial charge < -0.3 is 9.47 Å². The highest BCUT2D eigenvalue weighted by Gasteiger charge is 2.59. The summed E-state index contributed by atoms with van der Waals surface area (Å²) in [5.74, 6) is 1.81. The van der Waals surface area contributed by atoms with E-state index < -0.39 is 5.41 Å². The van der Waals surface area contributed by atoms with E-state index in [2.05, 4.69) is 48.5 Å². The molecule has 4 aliphatic rings. The minimum Gasteiger partial charge on any atom is -0.491 e. The van der Waals surface area contributed by atoms with Crippen molar-refractivity contribution in [3.05, 3.63) is 125 Å². The molecule has 0 aromatic heterocycles. The molecule has 1 atom stereocenters. The van der Waals surface area contributed by atoms with Crippen molar-refractivity contribution in [2.24, 2.45) is 0 Å². The van der Waals surface area contributed by atoms with Crippen molar-refractivity contribution in [1.82, 2.24) is 0 Å². The summed E-state index contributed by atoms with van der Waals surface area (Å²) in [5, 5.41) is 0. The Morgan fingerprint density at radius 2 is 1.42 bits per heavy atom. The molecule has 0 bridgehead atoms. The highest BCUT2D eigenvalue weighted by molar-refractivity contribution is 6.12. The first-order chi connectivity index (χ1) is 18.7. The first-order valence-electron chi connectivity index (χ1n) is 13.7. The average molecular weight is 500 g/mol. The van der Waals surface area contributed by atoms with E-state index in [9.17, 15) is 4.79 Å². The molecule has 4 aromatic rings. The van der Waals surface area contributed by atoms with Crippen LogP contribution in [-0.2, 0) is 16.6 Å². The van der Waals surface area contributed by atoms with Gasteiger partial charge in [0.25, 0.3) is 0 Å². The molecule has 3 heterocycles. The van der Waals surface area contributed by atoms with Gasteiger partial charge >= 0.3 is 0 Å². The lowest BCUT2D eigenvalue weighted by molar-refractivity contribution is -0.122. The molecule has 3 aliphatic heterocycles. The number of hydrogen-bond donors (Lipinski definition) is 0. The third-order valence-electron chi connectivity index (χ3n) is 9.20. The fourth-order valence-electron chi connectivity index (χ4n) is 7.07. The molecule has 38 heavy (non-hydrogen) atoms. The van der Waals surface area contributed by atoms with Crippen molar-refractivity contribution >= 4 is 11.6 Å². The van der Waals surface area contributed by atoms with Crippen LogP contribution in [0.25, 0.3) is 0 Å². The van der Waals surface area contributed by atoms with E-state index in [1.807, 2.05) is 53.4 Å². The van der Waals surface area contributed by atoms with Gasteiger partial charge in [0.15, 0.2) is 0 Å². The molecule has 1 fully saturated rings. The fraction of sp³-hybridized carbons (Fsp3) is 0.265. The summed E-state index contributed by atoms with van der Waals surface area (Å²) in [6, 6.07) is 32.9. The van der Waals surface area contributed by atoms with Crippen molar-refractivity contribution in [1.29, 1.82) is 0 Å². The van der Waals surface area contributed by atoms with Crippen molar-refractivity contribution in [3.8, 4) is 11.5 Å². The van der Waals surface area contributed by atoms with Gasteiger partial charge in [0.2, 0.25) is 5.91 Å². The number of para-hydroxylation sites is 1. The molecule has 0 saturated heterocycles. The predicted molar refractivity (Wildman–Crippen MR) is 147 cm³/mol.